The van der Waals surface area contributed by atoms with Crippen LogP contribution in [0.15, 0.2) is 109 Å². The number of rotatable bonds is 98. The molecular weight excluding hydrogens is 1560 g/mol. The van der Waals surface area contributed by atoms with Crippen molar-refractivity contribution in [3.63, 3.8) is 0 Å². The Morgan fingerprint density at radius 3 is 0.667 bits per heavy atom. The van der Waals surface area contributed by atoms with E-state index in [1.165, 1.54) is 205 Å². The summed E-state index contributed by atoms with van der Waals surface area (Å²) in [4.78, 5) is 79.1. The first-order chi connectivity index (χ1) is 62.0. The Kier molecular flexibility index (Phi) is 97.2. The monoisotopic (exact) mass is 1760 g/mol. The highest BCUT2D eigenvalue weighted by Gasteiger charge is 2.23. The lowest BCUT2D eigenvalue weighted by Crippen LogP contribution is -2.30. The number of unbranched alkanes of at least 4 members (excludes halogenated alkanes) is 52. The van der Waals surface area contributed by atoms with Crippen LogP contribution in [0.4, 0.5) is 0 Å². The highest BCUT2D eigenvalue weighted by molar-refractivity contribution is 5.72. The fraction of sp³-hybridized carbons (Fsp3) is 0.789. The molecule has 728 valence electrons. The zero-order valence-electron chi connectivity index (χ0n) is 83.2. The summed E-state index contributed by atoms with van der Waals surface area (Å²) in [5.41, 5.74) is 0. The van der Waals surface area contributed by atoms with Crippen LogP contribution < -0.4 is 0 Å². The van der Waals surface area contributed by atoms with Crippen molar-refractivity contribution in [3.05, 3.63) is 109 Å². The van der Waals surface area contributed by atoms with E-state index >= 15 is 0 Å². The van der Waals surface area contributed by atoms with Crippen molar-refractivity contribution in [1.29, 1.82) is 0 Å². The van der Waals surface area contributed by atoms with Gasteiger partial charge in [-0.2, -0.15) is 0 Å². The van der Waals surface area contributed by atoms with Crippen molar-refractivity contribution in [2.45, 2.75) is 542 Å². The van der Waals surface area contributed by atoms with Crippen LogP contribution in [0.25, 0.3) is 0 Å². The third kappa shape index (κ3) is 93.2. The smallest absolute Gasteiger partial charge is 0.306 e. The van der Waals surface area contributed by atoms with E-state index in [4.69, 9.17) is 28.4 Å². The minimum Gasteiger partial charge on any atom is -0.462 e. The molecule has 0 radical (unpaired) electrons. The predicted molar refractivity (Wildman–Crippen MR) is 538 cm³/mol. The molecule has 0 aromatic carbocycles. The fourth-order valence-electron chi connectivity index (χ4n) is 16.0. The summed E-state index contributed by atoms with van der Waals surface area (Å²) < 4.78 is 34.7. The lowest BCUT2D eigenvalue weighted by molar-refractivity contribution is -0.167. The van der Waals surface area contributed by atoms with Gasteiger partial charge in [0.25, 0.3) is 0 Å². The fourth-order valence-corrected chi connectivity index (χ4v) is 16.0. The number of hydrogen-bond acceptors (Lipinski definition) is 12. The molecular formula is C114H200O12. The van der Waals surface area contributed by atoms with E-state index < -0.39 is 12.2 Å². The van der Waals surface area contributed by atoms with Crippen molar-refractivity contribution < 1.29 is 57.2 Å². The molecule has 0 aliphatic carbocycles. The molecule has 0 saturated carbocycles. The molecule has 12 nitrogen and oxygen atoms in total. The number of allylic oxidation sites excluding steroid dienone is 18. The van der Waals surface area contributed by atoms with Gasteiger partial charge in [0.1, 0.15) is 26.4 Å². The molecule has 0 saturated heterocycles. The molecule has 0 heterocycles. The third-order valence-electron chi connectivity index (χ3n) is 24.2. The van der Waals surface area contributed by atoms with Crippen LogP contribution in [0, 0.1) is 11.8 Å². The SMILES string of the molecule is CCCCC/C=C\C=C\C(CCCCCCCC(=O)OCC(COC(=O)CCCCCCC/C=C\CCCCCCCC)OC(=O)CCCCCCC/C=C\C/C=C\CCCCC)C(CCCCCCCCC)CCCCCCCC(=O)OCC(COC(=O)CCCCCCC/C=C\C/C=C\CCCCC)OC(=O)CCCCCCC/C=C\C/C=C\CCCCC. The van der Waals surface area contributed by atoms with Crippen molar-refractivity contribution in [3.8, 4) is 0 Å². The largest absolute Gasteiger partial charge is 0.462 e. The maximum absolute atomic E-state index is 13.3. The van der Waals surface area contributed by atoms with Crippen molar-refractivity contribution >= 4 is 35.8 Å². The highest BCUT2D eigenvalue weighted by atomic mass is 16.6. The van der Waals surface area contributed by atoms with E-state index in [9.17, 15) is 28.8 Å². The van der Waals surface area contributed by atoms with Gasteiger partial charge in [0.05, 0.1) is 0 Å². The second kappa shape index (κ2) is 102. The van der Waals surface area contributed by atoms with Crippen LogP contribution in [0.1, 0.15) is 530 Å². The van der Waals surface area contributed by atoms with E-state index in [-0.39, 0.29) is 87.9 Å². The molecule has 0 spiro atoms. The Morgan fingerprint density at radius 1 is 0.198 bits per heavy atom. The molecule has 126 heavy (non-hydrogen) atoms. The molecule has 0 fully saturated rings. The van der Waals surface area contributed by atoms with E-state index in [0.29, 0.717) is 24.7 Å². The normalized spacial score (nSPS) is 13.1. The zero-order chi connectivity index (χ0) is 91.3. The van der Waals surface area contributed by atoms with Crippen LogP contribution in [0.2, 0.25) is 0 Å². The maximum Gasteiger partial charge on any atom is 0.306 e. The van der Waals surface area contributed by atoms with E-state index in [1.807, 2.05) is 0 Å². The molecule has 0 aliphatic rings. The Balaban J connectivity index is 5.69. The topological polar surface area (TPSA) is 158 Å². The molecule has 0 bridgehead atoms. The van der Waals surface area contributed by atoms with Crippen molar-refractivity contribution in [2.24, 2.45) is 11.8 Å². The summed E-state index contributed by atoms with van der Waals surface area (Å²) in [6, 6.07) is 0. The predicted octanol–water partition coefficient (Wildman–Crippen LogP) is 35.0. The zero-order valence-corrected chi connectivity index (χ0v) is 83.2. The quantitative estimate of drug-likeness (QED) is 0.0187. The molecule has 4 unspecified atom stereocenters. The molecule has 0 rings (SSSR count). The van der Waals surface area contributed by atoms with E-state index in [2.05, 4.69) is 151 Å². The van der Waals surface area contributed by atoms with Gasteiger partial charge < -0.3 is 28.4 Å². The Bertz CT molecular complexity index is 2680. The summed E-state index contributed by atoms with van der Waals surface area (Å²) in [5.74, 6) is -0.883. The first-order valence-corrected chi connectivity index (χ1v) is 53.9. The molecule has 0 N–H and O–H groups in total. The maximum atomic E-state index is 13.3. The first-order valence-electron chi connectivity index (χ1n) is 53.9. The summed E-state index contributed by atoms with van der Waals surface area (Å²) in [7, 11) is 0. The number of hydrogen-bond donors (Lipinski definition) is 0. The van der Waals surface area contributed by atoms with Crippen molar-refractivity contribution in [1.82, 2.24) is 0 Å². The minimum atomic E-state index is -0.849. The molecule has 4 atom stereocenters. The van der Waals surface area contributed by atoms with Gasteiger partial charge in [-0.25, -0.2) is 0 Å². The van der Waals surface area contributed by atoms with Gasteiger partial charge in [-0.1, -0.05) is 408 Å². The van der Waals surface area contributed by atoms with Crippen LogP contribution >= 0.6 is 0 Å². The van der Waals surface area contributed by atoms with Gasteiger partial charge in [-0.3, -0.25) is 28.8 Å². The molecule has 0 amide bonds. The average molecular weight is 1760 g/mol. The standard InChI is InChI=1S/C114H200O12/c1-7-13-19-25-31-35-39-43-47-51-55-59-65-75-85-95-109(115)121-101-107(125-113(119)99-89-77-67-61-57-53-49-45-41-37-33-27-21-15-9-3)103-123-111(117)97-87-79-69-73-83-93-105(91-81-71-63-29-23-17-11-5)106(92-82-72-64-30-24-18-12-6)94-84-74-70-80-88-98-112(118)124-104-108(126-114(120)100-90-78-68-62-58-54-50-46-42-38-34-28-22-16-10-4)102-122-110(116)96-86-76-66-60-56-52-48-44-40-36-32-26-20-14-8-2/h31,33-35,37-38,43-50,64,72,82,92,105-108H,7-30,32,36,39-42,51-63,65-71,73-81,83-91,93-104H2,1-6H3/b35-31-,37-33-,38-34-,47-43-,48-44-,49-45-,50-46-,72-64-,92-82+. The van der Waals surface area contributed by atoms with Gasteiger partial charge >= 0.3 is 35.8 Å². The molecule has 0 aliphatic heterocycles. The van der Waals surface area contributed by atoms with E-state index in [1.54, 1.807) is 0 Å². The minimum absolute atomic E-state index is 0.124. The van der Waals surface area contributed by atoms with Gasteiger partial charge in [0.2, 0.25) is 0 Å². The second-order valence-electron chi connectivity index (χ2n) is 36.5. The Hall–Kier alpha value is -5.52. The lowest BCUT2D eigenvalue weighted by Gasteiger charge is -2.25. The van der Waals surface area contributed by atoms with Gasteiger partial charge in [0, 0.05) is 38.5 Å². The average Bonchev–Trinajstić information content (AvgIpc) is 0.922. The highest BCUT2D eigenvalue weighted by Crippen LogP contribution is 2.32. The van der Waals surface area contributed by atoms with Gasteiger partial charge in [0.15, 0.2) is 12.2 Å². The third-order valence-corrected chi connectivity index (χ3v) is 24.2. The van der Waals surface area contributed by atoms with Crippen LogP contribution in [0.5, 0.6) is 0 Å². The number of ether oxygens (including phenoxy) is 6. The molecule has 0 aromatic rings. The molecule has 12 heteroatoms. The lowest BCUT2D eigenvalue weighted by atomic mass is 9.80. The van der Waals surface area contributed by atoms with Gasteiger partial charge in [-0.05, 0) is 204 Å². The Labute approximate surface area is 777 Å². The summed E-state index contributed by atoms with van der Waals surface area (Å²) in [6.07, 6.45) is 120. The number of esters is 6. The first kappa shape index (κ1) is 120. The van der Waals surface area contributed by atoms with E-state index in [0.717, 1.165) is 244 Å². The number of carbonyl (C=O) groups is 6. The molecule has 0 aromatic heterocycles. The van der Waals surface area contributed by atoms with Crippen molar-refractivity contribution in [2.75, 3.05) is 26.4 Å². The summed E-state index contributed by atoms with van der Waals surface area (Å²) >= 11 is 0. The summed E-state index contributed by atoms with van der Waals surface area (Å²) in [6.45, 7) is 13.0. The number of carbonyl (C=O) groups excluding carboxylic acids is 6. The van der Waals surface area contributed by atoms with Crippen LogP contribution in [-0.4, -0.2) is 74.5 Å². The second-order valence-corrected chi connectivity index (χ2v) is 36.5. The van der Waals surface area contributed by atoms with Crippen LogP contribution in [-0.2, 0) is 57.2 Å². The summed E-state index contributed by atoms with van der Waals surface area (Å²) in [5, 5.41) is 0. The Morgan fingerprint density at radius 2 is 0.397 bits per heavy atom. The van der Waals surface area contributed by atoms with Gasteiger partial charge in [-0.15, -0.1) is 0 Å². The van der Waals surface area contributed by atoms with Crippen LogP contribution in [0.3, 0.4) is 0 Å².